The first-order chi connectivity index (χ1) is 6.29. The van der Waals surface area contributed by atoms with Gasteiger partial charge < -0.3 is 0 Å². The summed E-state index contributed by atoms with van der Waals surface area (Å²) in [5, 5.41) is 2.95. The van der Waals surface area contributed by atoms with E-state index >= 15 is 0 Å². The number of rotatable bonds is 1. The van der Waals surface area contributed by atoms with E-state index in [0.29, 0.717) is 5.03 Å². The highest BCUT2D eigenvalue weighted by molar-refractivity contribution is 6.49. The maximum atomic E-state index is 5.89. The van der Waals surface area contributed by atoms with E-state index in [4.69, 9.17) is 11.6 Å². The van der Waals surface area contributed by atoms with Crippen LogP contribution in [0.1, 0.15) is 5.56 Å². The first-order valence-corrected chi connectivity index (χ1v) is 4.49. The van der Waals surface area contributed by atoms with Crippen LogP contribution in [0.5, 0.6) is 0 Å². The van der Waals surface area contributed by atoms with E-state index in [9.17, 15) is 0 Å². The van der Waals surface area contributed by atoms with Crippen molar-refractivity contribution in [3.05, 3.63) is 54.6 Å². The summed E-state index contributed by atoms with van der Waals surface area (Å²) in [6, 6.07) is 14.2. The number of hydrogen-bond acceptors (Lipinski definition) is 0. The minimum Gasteiger partial charge on any atom is -0.0843 e. The van der Waals surface area contributed by atoms with E-state index in [0.717, 1.165) is 10.9 Å². The second-order valence-electron chi connectivity index (χ2n) is 2.93. The molecule has 0 heterocycles. The standard InChI is InChI=1S/C12H9Cl/c1-9(13)11-8-4-6-10-5-2-3-7-12(10)11/h2-8H,1H2. The first-order valence-electron chi connectivity index (χ1n) is 4.11. The van der Waals surface area contributed by atoms with Crippen molar-refractivity contribution in [2.24, 2.45) is 0 Å². The van der Waals surface area contributed by atoms with Crippen LogP contribution in [0, 0.1) is 0 Å². The first kappa shape index (κ1) is 8.33. The van der Waals surface area contributed by atoms with Crippen LogP contribution in [0.15, 0.2) is 49.0 Å². The maximum Gasteiger partial charge on any atom is 0.0412 e. The number of benzene rings is 2. The Morgan fingerprint density at radius 1 is 1.00 bits per heavy atom. The molecule has 0 radical (unpaired) electrons. The number of fused-ring (bicyclic) bond motifs is 1. The molecule has 0 amide bonds. The molecule has 0 aromatic heterocycles. The third kappa shape index (κ3) is 1.45. The van der Waals surface area contributed by atoms with Crippen molar-refractivity contribution < 1.29 is 0 Å². The predicted molar refractivity (Wildman–Crippen MR) is 58.8 cm³/mol. The summed E-state index contributed by atoms with van der Waals surface area (Å²) >= 11 is 5.89. The molecule has 0 aliphatic rings. The minimum atomic E-state index is 0.594. The van der Waals surface area contributed by atoms with Crippen molar-refractivity contribution in [3.63, 3.8) is 0 Å². The number of hydrogen-bond donors (Lipinski definition) is 0. The lowest BCUT2D eigenvalue weighted by atomic mass is 10.0. The molecule has 0 spiro atoms. The summed E-state index contributed by atoms with van der Waals surface area (Å²) in [6.07, 6.45) is 0. The lowest BCUT2D eigenvalue weighted by molar-refractivity contribution is 1.71. The Balaban J connectivity index is 2.83. The monoisotopic (exact) mass is 188 g/mol. The van der Waals surface area contributed by atoms with Gasteiger partial charge in [0.05, 0.1) is 0 Å². The normalized spacial score (nSPS) is 10.2. The Kier molecular flexibility index (Phi) is 2.07. The van der Waals surface area contributed by atoms with Gasteiger partial charge in [-0.1, -0.05) is 60.6 Å². The number of halogens is 1. The third-order valence-electron chi connectivity index (χ3n) is 2.08. The molecule has 1 heteroatoms. The summed E-state index contributed by atoms with van der Waals surface area (Å²) in [4.78, 5) is 0. The fourth-order valence-electron chi connectivity index (χ4n) is 1.46. The summed E-state index contributed by atoms with van der Waals surface area (Å²) in [7, 11) is 0. The minimum absolute atomic E-state index is 0.594. The Morgan fingerprint density at radius 2 is 1.69 bits per heavy atom. The molecule has 64 valence electrons. The van der Waals surface area contributed by atoms with Gasteiger partial charge in [-0.25, -0.2) is 0 Å². The summed E-state index contributed by atoms with van der Waals surface area (Å²) in [5.41, 5.74) is 1.01. The van der Waals surface area contributed by atoms with Crippen LogP contribution in [0.3, 0.4) is 0 Å². The van der Waals surface area contributed by atoms with E-state index in [1.807, 2.05) is 24.3 Å². The molecule has 13 heavy (non-hydrogen) atoms. The molecule has 0 N–H and O–H groups in total. The molecular weight excluding hydrogens is 180 g/mol. The molecule has 2 aromatic carbocycles. The van der Waals surface area contributed by atoms with Crippen LogP contribution in [-0.4, -0.2) is 0 Å². The molecule has 2 aromatic rings. The topological polar surface area (TPSA) is 0 Å². The van der Waals surface area contributed by atoms with E-state index in [-0.39, 0.29) is 0 Å². The van der Waals surface area contributed by atoms with Crippen molar-refractivity contribution in [2.75, 3.05) is 0 Å². The molecule has 0 aliphatic heterocycles. The SMILES string of the molecule is C=C(Cl)c1cccc2ccccc12. The highest BCUT2D eigenvalue weighted by Gasteiger charge is 2.00. The third-order valence-corrected chi connectivity index (χ3v) is 2.29. The lowest BCUT2D eigenvalue weighted by Gasteiger charge is -2.03. The summed E-state index contributed by atoms with van der Waals surface area (Å²) in [5.74, 6) is 0. The van der Waals surface area contributed by atoms with Gasteiger partial charge in [0.25, 0.3) is 0 Å². The molecule has 0 atom stereocenters. The zero-order valence-corrected chi connectivity index (χ0v) is 7.88. The summed E-state index contributed by atoms with van der Waals surface area (Å²) in [6.45, 7) is 3.74. The highest BCUT2D eigenvalue weighted by Crippen LogP contribution is 2.25. The molecule has 2 rings (SSSR count). The van der Waals surface area contributed by atoms with Crippen LogP contribution in [0.2, 0.25) is 0 Å². The molecule has 0 nitrogen and oxygen atoms in total. The van der Waals surface area contributed by atoms with Gasteiger partial charge in [0.2, 0.25) is 0 Å². The second-order valence-corrected chi connectivity index (χ2v) is 3.39. The Hall–Kier alpha value is -1.27. The van der Waals surface area contributed by atoms with E-state index < -0.39 is 0 Å². The van der Waals surface area contributed by atoms with Gasteiger partial charge in [-0.2, -0.15) is 0 Å². The van der Waals surface area contributed by atoms with Crippen LogP contribution < -0.4 is 0 Å². The Morgan fingerprint density at radius 3 is 2.46 bits per heavy atom. The quantitative estimate of drug-likeness (QED) is 0.634. The summed E-state index contributed by atoms with van der Waals surface area (Å²) < 4.78 is 0. The molecule has 0 fully saturated rings. The Bertz CT molecular complexity index is 452. The van der Waals surface area contributed by atoms with Gasteiger partial charge in [-0.15, -0.1) is 0 Å². The van der Waals surface area contributed by atoms with Crippen molar-refractivity contribution in [1.82, 2.24) is 0 Å². The predicted octanol–water partition coefficient (Wildman–Crippen LogP) is 4.05. The van der Waals surface area contributed by atoms with Gasteiger partial charge in [0.1, 0.15) is 0 Å². The van der Waals surface area contributed by atoms with Gasteiger partial charge >= 0.3 is 0 Å². The van der Waals surface area contributed by atoms with Gasteiger partial charge in [-0.3, -0.25) is 0 Å². The second kappa shape index (κ2) is 3.23. The molecule has 0 unspecified atom stereocenters. The molecule has 0 saturated carbocycles. The van der Waals surface area contributed by atoms with Gasteiger partial charge in [0.15, 0.2) is 0 Å². The fourth-order valence-corrected chi connectivity index (χ4v) is 1.63. The zero-order chi connectivity index (χ0) is 9.26. The van der Waals surface area contributed by atoms with Crippen molar-refractivity contribution in [1.29, 1.82) is 0 Å². The highest BCUT2D eigenvalue weighted by atomic mass is 35.5. The molecule has 0 bridgehead atoms. The molecule has 0 aliphatic carbocycles. The Labute approximate surface area is 82.5 Å². The van der Waals surface area contributed by atoms with E-state index in [1.165, 1.54) is 5.39 Å². The fraction of sp³-hybridized carbons (Fsp3) is 0. The van der Waals surface area contributed by atoms with Crippen LogP contribution >= 0.6 is 11.6 Å². The van der Waals surface area contributed by atoms with Crippen molar-refractivity contribution in [3.8, 4) is 0 Å². The lowest BCUT2D eigenvalue weighted by Crippen LogP contribution is -1.79. The largest absolute Gasteiger partial charge is 0.0843 e. The van der Waals surface area contributed by atoms with Crippen LogP contribution in [0.25, 0.3) is 15.8 Å². The molecular formula is C12H9Cl. The van der Waals surface area contributed by atoms with Crippen LogP contribution in [-0.2, 0) is 0 Å². The van der Waals surface area contributed by atoms with Gasteiger partial charge in [-0.05, 0) is 10.8 Å². The maximum absolute atomic E-state index is 5.89. The van der Waals surface area contributed by atoms with Crippen LogP contribution in [0.4, 0.5) is 0 Å². The average Bonchev–Trinajstić information content (AvgIpc) is 2.17. The zero-order valence-electron chi connectivity index (χ0n) is 7.13. The van der Waals surface area contributed by atoms with Crippen molar-refractivity contribution >= 4 is 27.4 Å². The van der Waals surface area contributed by atoms with E-state index in [1.54, 1.807) is 0 Å². The van der Waals surface area contributed by atoms with E-state index in [2.05, 4.69) is 24.8 Å². The van der Waals surface area contributed by atoms with Crippen molar-refractivity contribution in [2.45, 2.75) is 0 Å². The van der Waals surface area contributed by atoms with Gasteiger partial charge in [0, 0.05) is 10.6 Å². The molecule has 0 saturated heterocycles. The average molecular weight is 189 g/mol. The smallest absolute Gasteiger partial charge is 0.0412 e.